The Labute approximate surface area is 195 Å². The van der Waals surface area contributed by atoms with Gasteiger partial charge in [-0.05, 0) is 48.7 Å². The number of hydrogen-bond donors (Lipinski definition) is 4. The number of ether oxygens (including phenoxy) is 1. The van der Waals surface area contributed by atoms with Crippen molar-refractivity contribution in [2.75, 3.05) is 13.2 Å². The lowest BCUT2D eigenvalue weighted by Crippen LogP contribution is -2.49. The second-order valence-corrected chi connectivity index (χ2v) is 7.76. The third kappa shape index (κ3) is 7.82. The molecule has 7 N–H and O–H groups in total. The summed E-state index contributed by atoms with van der Waals surface area (Å²) in [6.45, 7) is -0.0198. The highest BCUT2D eigenvalue weighted by Gasteiger charge is 2.28. The van der Waals surface area contributed by atoms with Crippen molar-refractivity contribution in [3.8, 4) is 11.5 Å². The van der Waals surface area contributed by atoms with Crippen molar-refractivity contribution in [2.45, 2.75) is 25.4 Å². The lowest BCUT2D eigenvalue weighted by Gasteiger charge is -2.30. The van der Waals surface area contributed by atoms with Gasteiger partial charge in [0, 0.05) is 18.1 Å². The van der Waals surface area contributed by atoms with Crippen LogP contribution in [0.15, 0.2) is 47.5 Å². The minimum Gasteiger partial charge on any atom is -0.508 e. The van der Waals surface area contributed by atoms with Gasteiger partial charge in [0.15, 0.2) is 12.6 Å². The number of nitrogens with zero attached hydrogens (tertiary/aromatic N) is 2. The average Bonchev–Trinajstić information content (AvgIpc) is 2.72. The number of phenolic OH excluding ortho intramolecular Hbond substituents is 1. The van der Waals surface area contributed by atoms with Gasteiger partial charge in [0.25, 0.3) is 5.91 Å². The van der Waals surface area contributed by atoms with Gasteiger partial charge < -0.3 is 31.9 Å². The van der Waals surface area contributed by atoms with E-state index in [1.165, 1.54) is 23.1 Å². The second kappa shape index (κ2) is 12.0. The zero-order valence-electron chi connectivity index (χ0n) is 17.2. The van der Waals surface area contributed by atoms with Gasteiger partial charge in [-0.25, -0.2) is 0 Å². The molecule has 0 heterocycles. The number of nitrogens with two attached hydrogens (primary N) is 3. The fraction of sp³-hybridized carbons (Fsp3) is 0.286. The third-order valence-corrected chi connectivity index (χ3v) is 5.02. The van der Waals surface area contributed by atoms with Gasteiger partial charge in [0.2, 0.25) is 5.91 Å². The molecule has 0 fully saturated rings. The normalized spacial score (nSPS) is 11.4. The van der Waals surface area contributed by atoms with Crippen LogP contribution in [0.1, 0.15) is 18.4 Å². The molecule has 2 aromatic carbocycles. The Kier molecular flexibility index (Phi) is 9.42. The van der Waals surface area contributed by atoms with Crippen LogP contribution in [-0.2, 0) is 16.1 Å². The number of phenols is 1. The van der Waals surface area contributed by atoms with Crippen molar-refractivity contribution >= 4 is 41.0 Å². The molecule has 1 atom stereocenters. The first kappa shape index (κ1) is 25.1. The number of carbonyl (C=O) groups excluding carboxylic acids is 2. The number of halogens is 2. The lowest BCUT2D eigenvalue weighted by atomic mass is 10.1. The molecule has 2 amide bonds. The van der Waals surface area contributed by atoms with Crippen LogP contribution < -0.4 is 21.9 Å². The van der Waals surface area contributed by atoms with Crippen molar-refractivity contribution in [1.29, 1.82) is 0 Å². The molecule has 0 aromatic heterocycles. The Balaban J connectivity index is 2.20. The van der Waals surface area contributed by atoms with Crippen LogP contribution in [0.4, 0.5) is 0 Å². The Bertz CT molecular complexity index is 965. The molecule has 0 unspecified atom stereocenters. The molecule has 0 aliphatic carbocycles. The van der Waals surface area contributed by atoms with E-state index in [0.717, 1.165) is 0 Å². The van der Waals surface area contributed by atoms with Crippen LogP contribution in [0.25, 0.3) is 0 Å². The van der Waals surface area contributed by atoms with E-state index in [0.29, 0.717) is 17.0 Å². The molecule has 9 nitrogen and oxygen atoms in total. The number of primary amides is 1. The summed E-state index contributed by atoms with van der Waals surface area (Å²) in [4.78, 5) is 30.5. The number of rotatable bonds is 11. The average molecular weight is 482 g/mol. The van der Waals surface area contributed by atoms with Gasteiger partial charge in [-0.2, -0.15) is 0 Å². The van der Waals surface area contributed by atoms with Gasteiger partial charge in [0.05, 0.1) is 5.02 Å². The molecule has 0 spiro atoms. The Morgan fingerprint density at radius 3 is 2.38 bits per heavy atom. The molecule has 0 saturated carbocycles. The minimum absolute atomic E-state index is 0.0640. The minimum atomic E-state index is -0.921. The van der Waals surface area contributed by atoms with E-state index in [2.05, 4.69) is 4.99 Å². The van der Waals surface area contributed by atoms with Gasteiger partial charge >= 0.3 is 0 Å². The molecule has 2 rings (SSSR count). The SMILES string of the molecule is NC(=O)[C@@H](CCCN=C(N)N)N(Cc1ccc(O)cc1)C(=O)COc1ccc(Cl)cc1Cl. The number of guanidine groups is 1. The number of aliphatic imine (C=N–C) groups is 1. The van der Waals surface area contributed by atoms with E-state index in [1.807, 2.05) is 0 Å². The first-order chi connectivity index (χ1) is 15.2. The maximum atomic E-state index is 13.1. The molecule has 32 heavy (non-hydrogen) atoms. The van der Waals surface area contributed by atoms with Crippen molar-refractivity contribution in [3.05, 3.63) is 58.1 Å². The van der Waals surface area contributed by atoms with Crippen LogP contribution in [0.3, 0.4) is 0 Å². The molecular weight excluding hydrogens is 457 g/mol. The molecule has 2 aromatic rings. The Morgan fingerprint density at radius 2 is 1.78 bits per heavy atom. The largest absolute Gasteiger partial charge is 0.508 e. The van der Waals surface area contributed by atoms with Crippen LogP contribution in [0, 0.1) is 0 Å². The molecule has 0 saturated heterocycles. The van der Waals surface area contributed by atoms with Crippen LogP contribution in [0.5, 0.6) is 11.5 Å². The fourth-order valence-corrected chi connectivity index (χ4v) is 3.39. The summed E-state index contributed by atoms with van der Waals surface area (Å²) in [5, 5.41) is 10.2. The standard InChI is InChI=1S/C21H25Cl2N5O4/c22-14-5-8-18(16(23)10-14)32-12-19(30)28(11-13-3-6-15(29)7-4-13)17(20(24)31)2-1-9-27-21(25)26/h3-8,10,17,29H,1-2,9,11-12H2,(H2,24,31)(H4,25,26,27)/t17-/m1/s1. The molecule has 0 aliphatic heterocycles. The van der Waals surface area contributed by atoms with Gasteiger partial charge in [-0.1, -0.05) is 35.3 Å². The van der Waals surface area contributed by atoms with Crippen LogP contribution in [-0.4, -0.2) is 47.0 Å². The molecular formula is C21H25Cl2N5O4. The molecule has 0 bridgehead atoms. The maximum Gasteiger partial charge on any atom is 0.261 e. The molecule has 172 valence electrons. The van der Waals surface area contributed by atoms with Crippen molar-refractivity contribution < 1.29 is 19.4 Å². The summed E-state index contributed by atoms with van der Waals surface area (Å²) < 4.78 is 5.55. The first-order valence-corrected chi connectivity index (χ1v) is 10.4. The monoisotopic (exact) mass is 481 g/mol. The number of benzene rings is 2. The Hall–Kier alpha value is -3.17. The van der Waals surface area contributed by atoms with E-state index >= 15 is 0 Å². The zero-order valence-corrected chi connectivity index (χ0v) is 18.7. The number of amides is 2. The van der Waals surface area contributed by atoms with Gasteiger partial charge in [0.1, 0.15) is 17.5 Å². The summed E-state index contributed by atoms with van der Waals surface area (Å²) in [5.74, 6) is -0.861. The van der Waals surface area contributed by atoms with Gasteiger partial charge in [-0.15, -0.1) is 0 Å². The third-order valence-electron chi connectivity index (χ3n) is 4.49. The number of hydrogen-bond acceptors (Lipinski definition) is 5. The highest BCUT2D eigenvalue weighted by molar-refractivity contribution is 6.35. The summed E-state index contributed by atoms with van der Waals surface area (Å²) in [5.41, 5.74) is 16.9. The van der Waals surface area contributed by atoms with Gasteiger partial charge in [-0.3, -0.25) is 14.6 Å². The lowest BCUT2D eigenvalue weighted by molar-refractivity contribution is -0.142. The van der Waals surface area contributed by atoms with E-state index in [-0.39, 0.29) is 48.6 Å². The predicted molar refractivity (Wildman–Crippen MR) is 124 cm³/mol. The summed E-state index contributed by atoms with van der Waals surface area (Å²) in [6, 6.07) is 9.95. The summed E-state index contributed by atoms with van der Waals surface area (Å²) >= 11 is 12.0. The van der Waals surface area contributed by atoms with Crippen LogP contribution in [0.2, 0.25) is 10.0 Å². The quantitative estimate of drug-likeness (QED) is 0.218. The van der Waals surface area contributed by atoms with E-state index in [4.69, 9.17) is 45.1 Å². The second-order valence-electron chi connectivity index (χ2n) is 6.92. The highest BCUT2D eigenvalue weighted by atomic mass is 35.5. The molecule has 0 aliphatic rings. The summed E-state index contributed by atoms with van der Waals surface area (Å²) in [7, 11) is 0. The topological polar surface area (TPSA) is 157 Å². The smallest absolute Gasteiger partial charge is 0.261 e. The molecule has 0 radical (unpaired) electrons. The summed E-state index contributed by atoms with van der Waals surface area (Å²) in [6.07, 6.45) is 0.673. The zero-order chi connectivity index (χ0) is 23.7. The van der Waals surface area contributed by atoms with Crippen LogP contribution >= 0.6 is 23.2 Å². The van der Waals surface area contributed by atoms with Crippen molar-refractivity contribution in [3.63, 3.8) is 0 Å². The number of carbonyl (C=O) groups is 2. The molecule has 11 heteroatoms. The van der Waals surface area contributed by atoms with E-state index in [9.17, 15) is 14.7 Å². The number of aromatic hydroxyl groups is 1. The fourth-order valence-electron chi connectivity index (χ4n) is 2.93. The van der Waals surface area contributed by atoms with E-state index in [1.54, 1.807) is 24.3 Å². The first-order valence-electron chi connectivity index (χ1n) is 9.67. The Morgan fingerprint density at radius 1 is 1.09 bits per heavy atom. The maximum absolute atomic E-state index is 13.1. The van der Waals surface area contributed by atoms with Crippen molar-refractivity contribution in [1.82, 2.24) is 4.90 Å². The van der Waals surface area contributed by atoms with Crippen molar-refractivity contribution in [2.24, 2.45) is 22.2 Å². The highest BCUT2D eigenvalue weighted by Crippen LogP contribution is 2.27. The van der Waals surface area contributed by atoms with E-state index < -0.39 is 17.9 Å². The predicted octanol–water partition coefficient (Wildman–Crippen LogP) is 2.01.